The van der Waals surface area contributed by atoms with E-state index in [1.807, 2.05) is 0 Å². The van der Waals surface area contributed by atoms with Crippen molar-refractivity contribution in [1.82, 2.24) is 0 Å². The fraction of sp³-hybridized carbons (Fsp3) is 0.364. The second kappa shape index (κ2) is 5.19. The number of amides is 1. The van der Waals surface area contributed by atoms with Gasteiger partial charge in [-0.25, -0.2) is 4.39 Å². The van der Waals surface area contributed by atoms with Crippen LogP contribution < -0.4 is 5.32 Å². The molecule has 1 atom stereocenters. The molecule has 0 aromatic heterocycles. The number of hydrogen-bond acceptors (Lipinski definition) is 2. The number of carbonyl (C=O) groups excluding carboxylic acids is 1. The van der Waals surface area contributed by atoms with Gasteiger partial charge in [0, 0.05) is 17.4 Å². The molecule has 0 bridgehead atoms. The number of hydrogen-bond donors (Lipinski definition) is 1. The Labute approximate surface area is 106 Å². The molecule has 0 spiro atoms. The summed E-state index contributed by atoms with van der Waals surface area (Å²) in [5.74, 6) is 1.73. The molecule has 1 amide bonds. The molecule has 86 valence electrons. The van der Waals surface area contributed by atoms with Crippen LogP contribution in [0, 0.1) is 11.7 Å². The fourth-order valence-electron chi connectivity index (χ4n) is 1.56. The number of halogens is 2. The molecule has 0 saturated carbocycles. The van der Waals surface area contributed by atoms with Gasteiger partial charge in [0.15, 0.2) is 0 Å². The predicted octanol–water partition coefficient (Wildman–Crippen LogP) is 3.28. The second-order valence-electron chi connectivity index (χ2n) is 3.68. The Bertz CT molecular complexity index is 407. The Balaban J connectivity index is 2.02. The first-order valence-corrected chi connectivity index (χ1v) is 6.95. The van der Waals surface area contributed by atoms with Crippen molar-refractivity contribution >= 4 is 39.3 Å². The molecule has 1 unspecified atom stereocenters. The van der Waals surface area contributed by atoms with Gasteiger partial charge in [-0.05, 0) is 46.3 Å². The first-order valence-electron chi connectivity index (χ1n) is 5.00. The molecule has 1 aromatic carbocycles. The van der Waals surface area contributed by atoms with Crippen molar-refractivity contribution in [2.45, 2.75) is 6.42 Å². The highest BCUT2D eigenvalue weighted by Crippen LogP contribution is 2.25. The van der Waals surface area contributed by atoms with Gasteiger partial charge in [-0.15, -0.1) is 0 Å². The van der Waals surface area contributed by atoms with Crippen molar-refractivity contribution in [1.29, 1.82) is 0 Å². The summed E-state index contributed by atoms with van der Waals surface area (Å²) in [5.41, 5.74) is 0.634. The van der Waals surface area contributed by atoms with Crippen LogP contribution in [0.4, 0.5) is 10.1 Å². The Morgan fingerprint density at radius 2 is 2.38 bits per heavy atom. The Hall–Kier alpha value is -0.550. The number of nitrogens with one attached hydrogen (secondary N) is 1. The van der Waals surface area contributed by atoms with E-state index in [1.54, 1.807) is 23.9 Å². The van der Waals surface area contributed by atoms with Crippen molar-refractivity contribution in [3.8, 4) is 0 Å². The van der Waals surface area contributed by atoms with Gasteiger partial charge in [0.25, 0.3) is 0 Å². The maximum atomic E-state index is 13.0. The van der Waals surface area contributed by atoms with Crippen LogP contribution in [0.2, 0.25) is 0 Å². The van der Waals surface area contributed by atoms with Crippen LogP contribution in [-0.2, 0) is 4.79 Å². The molecule has 1 aliphatic heterocycles. The van der Waals surface area contributed by atoms with Crippen molar-refractivity contribution in [3.05, 3.63) is 28.5 Å². The zero-order valence-electron chi connectivity index (χ0n) is 8.50. The fourth-order valence-corrected chi connectivity index (χ4v) is 3.16. The first kappa shape index (κ1) is 11.9. The summed E-state index contributed by atoms with van der Waals surface area (Å²) in [6.45, 7) is 0. The monoisotopic (exact) mass is 303 g/mol. The molecule has 0 aliphatic carbocycles. The summed E-state index contributed by atoms with van der Waals surface area (Å²) in [7, 11) is 0. The Morgan fingerprint density at radius 3 is 3.00 bits per heavy atom. The molecule has 1 aromatic rings. The van der Waals surface area contributed by atoms with Crippen LogP contribution in [0.3, 0.4) is 0 Å². The smallest absolute Gasteiger partial charge is 0.228 e. The summed E-state index contributed by atoms with van der Waals surface area (Å²) in [6.07, 6.45) is 0.929. The van der Waals surface area contributed by atoms with E-state index in [-0.39, 0.29) is 17.6 Å². The summed E-state index contributed by atoms with van der Waals surface area (Å²) < 4.78 is 13.3. The van der Waals surface area contributed by atoms with Gasteiger partial charge in [0.05, 0.1) is 4.47 Å². The maximum Gasteiger partial charge on any atom is 0.228 e. The van der Waals surface area contributed by atoms with E-state index >= 15 is 0 Å². The lowest BCUT2D eigenvalue weighted by Crippen LogP contribution is -2.22. The molecule has 1 fully saturated rings. The summed E-state index contributed by atoms with van der Waals surface area (Å²) in [6, 6.07) is 4.48. The van der Waals surface area contributed by atoms with E-state index in [9.17, 15) is 9.18 Å². The minimum Gasteiger partial charge on any atom is -0.326 e. The van der Waals surface area contributed by atoms with Crippen molar-refractivity contribution < 1.29 is 9.18 Å². The van der Waals surface area contributed by atoms with Gasteiger partial charge in [-0.3, -0.25) is 4.79 Å². The second-order valence-corrected chi connectivity index (χ2v) is 5.68. The predicted molar refractivity (Wildman–Crippen MR) is 68.2 cm³/mol. The summed E-state index contributed by atoms with van der Waals surface area (Å²) in [4.78, 5) is 11.8. The van der Waals surface area contributed by atoms with Gasteiger partial charge in [-0.1, -0.05) is 0 Å². The van der Waals surface area contributed by atoms with Gasteiger partial charge < -0.3 is 5.32 Å². The summed E-state index contributed by atoms with van der Waals surface area (Å²) >= 11 is 4.89. The molecule has 1 saturated heterocycles. The lowest BCUT2D eigenvalue weighted by Gasteiger charge is -2.10. The van der Waals surface area contributed by atoms with Crippen LogP contribution >= 0.6 is 27.7 Å². The van der Waals surface area contributed by atoms with Crippen LogP contribution in [0.15, 0.2) is 22.7 Å². The van der Waals surface area contributed by atoms with E-state index < -0.39 is 0 Å². The minimum atomic E-state index is -0.325. The molecule has 2 rings (SSSR count). The third-order valence-electron chi connectivity index (χ3n) is 2.49. The Morgan fingerprint density at radius 1 is 1.56 bits per heavy atom. The highest BCUT2D eigenvalue weighted by Gasteiger charge is 2.23. The van der Waals surface area contributed by atoms with E-state index in [1.165, 1.54) is 6.07 Å². The van der Waals surface area contributed by atoms with Crippen molar-refractivity contribution in [2.24, 2.45) is 5.92 Å². The third kappa shape index (κ3) is 2.77. The lowest BCUT2D eigenvalue weighted by atomic mass is 10.1. The standard InChI is InChI=1S/C11H11BrFNOS/c12-9-5-8(1-2-10(9)13)14-11(15)7-3-4-16-6-7/h1-2,5,7H,3-4,6H2,(H,14,15). The van der Waals surface area contributed by atoms with E-state index in [2.05, 4.69) is 21.2 Å². The lowest BCUT2D eigenvalue weighted by molar-refractivity contribution is -0.119. The molecule has 5 heteroatoms. The van der Waals surface area contributed by atoms with Crippen LogP contribution in [0.25, 0.3) is 0 Å². The number of carbonyl (C=O) groups is 1. The average Bonchev–Trinajstić information content (AvgIpc) is 2.77. The number of benzene rings is 1. The van der Waals surface area contributed by atoms with Crippen molar-refractivity contribution in [3.63, 3.8) is 0 Å². The highest BCUT2D eigenvalue weighted by atomic mass is 79.9. The quantitative estimate of drug-likeness (QED) is 0.908. The topological polar surface area (TPSA) is 29.1 Å². The van der Waals surface area contributed by atoms with E-state index in [4.69, 9.17) is 0 Å². The van der Waals surface area contributed by atoms with Gasteiger partial charge in [-0.2, -0.15) is 11.8 Å². The number of anilines is 1. The zero-order chi connectivity index (χ0) is 11.5. The average molecular weight is 304 g/mol. The van der Waals surface area contributed by atoms with Gasteiger partial charge in [0.2, 0.25) is 5.91 Å². The van der Waals surface area contributed by atoms with E-state index in [0.717, 1.165) is 17.9 Å². The highest BCUT2D eigenvalue weighted by molar-refractivity contribution is 9.10. The first-order chi connectivity index (χ1) is 7.66. The molecular weight excluding hydrogens is 293 g/mol. The van der Waals surface area contributed by atoms with Crippen LogP contribution in [0.1, 0.15) is 6.42 Å². The zero-order valence-corrected chi connectivity index (χ0v) is 10.9. The number of rotatable bonds is 2. The molecule has 1 aliphatic rings. The normalized spacial score (nSPS) is 19.8. The van der Waals surface area contributed by atoms with Gasteiger partial charge >= 0.3 is 0 Å². The van der Waals surface area contributed by atoms with Gasteiger partial charge in [0.1, 0.15) is 5.82 Å². The minimum absolute atomic E-state index is 0.0310. The molecule has 0 radical (unpaired) electrons. The Kier molecular flexibility index (Phi) is 3.86. The molecule has 1 N–H and O–H groups in total. The summed E-state index contributed by atoms with van der Waals surface area (Å²) in [5, 5.41) is 2.80. The van der Waals surface area contributed by atoms with Crippen molar-refractivity contribution in [2.75, 3.05) is 16.8 Å². The SMILES string of the molecule is O=C(Nc1ccc(F)c(Br)c1)C1CCSC1. The maximum absolute atomic E-state index is 13.0. The molecule has 1 heterocycles. The largest absolute Gasteiger partial charge is 0.326 e. The third-order valence-corrected chi connectivity index (χ3v) is 4.26. The molecular formula is C11H11BrFNOS. The van der Waals surface area contributed by atoms with E-state index in [0.29, 0.717) is 10.2 Å². The number of thioether (sulfide) groups is 1. The molecule has 2 nitrogen and oxygen atoms in total. The van der Waals surface area contributed by atoms with Crippen LogP contribution in [0.5, 0.6) is 0 Å². The molecule has 16 heavy (non-hydrogen) atoms. The van der Waals surface area contributed by atoms with Crippen LogP contribution in [-0.4, -0.2) is 17.4 Å².